The van der Waals surface area contributed by atoms with Gasteiger partial charge in [0, 0.05) is 19.2 Å². The SMILES string of the molecule is CC(=O)NC[C@H]1CN(c2ccc(C3=Cc4c(C)ncn4C3)cc2)C(=O)O1. The standard InChI is InChI=1S/C19H20N4O3/c1-12-18-7-15(9-22(18)11-21-12)14-3-5-16(6-4-14)23-10-17(26-19(23)25)8-20-13(2)24/h3-7,11,17H,8-10H2,1-2H3,(H,20,24)/t17-/m0/s1. The van der Waals surface area contributed by atoms with Gasteiger partial charge in [-0.15, -0.1) is 0 Å². The summed E-state index contributed by atoms with van der Waals surface area (Å²) < 4.78 is 7.43. The molecule has 134 valence electrons. The van der Waals surface area contributed by atoms with Crippen molar-refractivity contribution in [2.24, 2.45) is 0 Å². The highest BCUT2D eigenvalue weighted by atomic mass is 16.6. The van der Waals surface area contributed by atoms with Gasteiger partial charge in [-0.05, 0) is 36.3 Å². The van der Waals surface area contributed by atoms with Crippen molar-refractivity contribution in [3.05, 3.63) is 47.5 Å². The van der Waals surface area contributed by atoms with Crippen molar-refractivity contribution in [1.82, 2.24) is 14.9 Å². The Morgan fingerprint density at radius 3 is 2.81 bits per heavy atom. The predicted molar refractivity (Wildman–Crippen MR) is 97.6 cm³/mol. The number of hydrogen-bond acceptors (Lipinski definition) is 4. The summed E-state index contributed by atoms with van der Waals surface area (Å²) in [6.07, 6.45) is 3.30. The summed E-state index contributed by atoms with van der Waals surface area (Å²) in [7, 11) is 0. The van der Waals surface area contributed by atoms with Crippen molar-refractivity contribution in [2.45, 2.75) is 26.5 Å². The van der Waals surface area contributed by atoms with Gasteiger partial charge in [0.05, 0.1) is 30.8 Å². The third kappa shape index (κ3) is 2.96. The molecule has 7 nitrogen and oxygen atoms in total. The molecule has 0 bridgehead atoms. The number of hydrogen-bond donors (Lipinski definition) is 1. The molecule has 26 heavy (non-hydrogen) atoms. The molecule has 1 atom stereocenters. The number of ether oxygens (including phenoxy) is 1. The van der Waals surface area contributed by atoms with E-state index in [0.717, 1.165) is 29.2 Å². The summed E-state index contributed by atoms with van der Waals surface area (Å²) in [6.45, 7) is 5.01. The Hall–Kier alpha value is -3.09. The Balaban J connectivity index is 1.46. The van der Waals surface area contributed by atoms with E-state index in [-0.39, 0.29) is 18.1 Å². The second-order valence-corrected chi connectivity index (χ2v) is 6.61. The zero-order valence-electron chi connectivity index (χ0n) is 14.7. The average molecular weight is 352 g/mol. The molecule has 1 saturated heterocycles. The van der Waals surface area contributed by atoms with Crippen LogP contribution in [0.4, 0.5) is 10.5 Å². The number of benzene rings is 1. The van der Waals surface area contributed by atoms with Crippen molar-refractivity contribution in [3.63, 3.8) is 0 Å². The maximum atomic E-state index is 12.1. The molecule has 1 aromatic carbocycles. The lowest BCUT2D eigenvalue weighted by Crippen LogP contribution is -2.33. The topological polar surface area (TPSA) is 76.5 Å². The molecule has 0 aliphatic carbocycles. The number of carbonyl (C=O) groups excluding carboxylic acids is 2. The largest absolute Gasteiger partial charge is 0.442 e. The third-order valence-corrected chi connectivity index (χ3v) is 4.73. The summed E-state index contributed by atoms with van der Waals surface area (Å²) in [6, 6.07) is 7.89. The Bertz CT molecular complexity index is 898. The van der Waals surface area contributed by atoms with Crippen LogP contribution in [0.1, 0.15) is 23.9 Å². The third-order valence-electron chi connectivity index (χ3n) is 4.73. The summed E-state index contributed by atoms with van der Waals surface area (Å²) in [5.74, 6) is -0.135. The van der Waals surface area contributed by atoms with Crippen LogP contribution in [-0.2, 0) is 16.1 Å². The summed E-state index contributed by atoms with van der Waals surface area (Å²) >= 11 is 0. The van der Waals surface area contributed by atoms with E-state index in [1.165, 1.54) is 12.5 Å². The number of imidazole rings is 1. The average Bonchev–Trinajstić information content (AvgIpc) is 3.29. The number of rotatable bonds is 4. The summed E-state index contributed by atoms with van der Waals surface area (Å²) in [4.78, 5) is 29.0. The van der Waals surface area contributed by atoms with Crippen molar-refractivity contribution in [1.29, 1.82) is 0 Å². The highest BCUT2D eigenvalue weighted by Gasteiger charge is 2.32. The summed E-state index contributed by atoms with van der Waals surface area (Å²) in [5, 5.41) is 2.68. The van der Waals surface area contributed by atoms with Crippen LogP contribution in [0.2, 0.25) is 0 Å². The van der Waals surface area contributed by atoms with E-state index in [2.05, 4.69) is 20.9 Å². The van der Waals surface area contributed by atoms with Gasteiger partial charge in [0.25, 0.3) is 0 Å². The number of allylic oxidation sites excluding steroid dienone is 1. The number of cyclic esters (lactones) is 1. The number of aromatic nitrogens is 2. The normalized spacial score (nSPS) is 18.5. The van der Waals surface area contributed by atoms with Crippen LogP contribution in [0.3, 0.4) is 0 Å². The molecule has 0 unspecified atom stereocenters. The molecule has 1 aromatic heterocycles. The van der Waals surface area contributed by atoms with Crippen LogP contribution in [0.5, 0.6) is 0 Å². The molecule has 1 fully saturated rings. The van der Waals surface area contributed by atoms with E-state index < -0.39 is 0 Å². The molecule has 3 heterocycles. The highest BCUT2D eigenvalue weighted by Crippen LogP contribution is 2.30. The fourth-order valence-corrected chi connectivity index (χ4v) is 3.33. The van der Waals surface area contributed by atoms with Gasteiger partial charge in [-0.2, -0.15) is 0 Å². The van der Waals surface area contributed by atoms with E-state index in [0.29, 0.717) is 13.1 Å². The lowest BCUT2D eigenvalue weighted by Gasteiger charge is -2.14. The maximum absolute atomic E-state index is 12.1. The van der Waals surface area contributed by atoms with Gasteiger partial charge in [-0.1, -0.05) is 12.1 Å². The van der Waals surface area contributed by atoms with Crippen LogP contribution < -0.4 is 10.2 Å². The number of anilines is 1. The summed E-state index contributed by atoms with van der Waals surface area (Å²) in [5.41, 5.74) is 5.32. The van der Waals surface area contributed by atoms with E-state index in [4.69, 9.17) is 4.74 Å². The van der Waals surface area contributed by atoms with E-state index in [1.54, 1.807) is 4.90 Å². The molecular weight excluding hydrogens is 332 g/mol. The zero-order chi connectivity index (χ0) is 18.3. The Kier molecular flexibility index (Phi) is 3.99. The van der Waals surface area contributed by atoms with E-state index in [9.17, 15) is 9.59 Å². The molecule has 0 radical (unpaired) electrons. The molecule has 0 saturated carbocycles. The molecular formula is C19H20N4O3. The molecule has 4 rings (SSSR count). The number of fused-ring (bicyclic) bond motifs is 1. The highest BCUT2D eigenvalue weighted by molar-refractivity contribution is 5.91. The minimum atomic E-state index is -0.384. The molecule has 2 amide bonds. The quantitative estimate of drug-likeness (QED) is 0.915. The maximum Gasteiger partial charge on any atom is 0.414 e. The van der Waals surface area contributed by atoms with Crippen molar-refractivity contribution in [2.75, 3.05) is 18.0 Å². The number of amides is 2. The van der Waals surface area contributed by atoms with Crippen LogP contribution >= 0.6 is 0 Å². The van der Waals surface area contributed by atoms with E-state index >= 15 is 0 Å². The van der Waals surface area contributed by atoms with Gasteiger partial charge < -0.3 is 14.6 Å². The zero-order valence-corrected chi connectivity index (χ0v) is 14.7. The fourth-order valence-electron chi connectivity index (χ4n) is 3.33. The lowest BCUT2D eigenvalue weighted by atomic mass is 10.1. The minimum absolute atomic E-state index is 0.135. The first kappa shape index (κ1) is 16.4. The minimum Gasteiger partial charge on any atom is -0.442 e. The van der Waals surface area contributed by atoms with Gasteiger partial charge in [0.15, 0.2) is 0 Å². The fraction of sp³-hybridized carbons (Fsp3) is 0.316. The van der Waals surface area contributed by atoms with Crippen molar-refractivity contribution >= 4 is 29.3 Å². The van der Waals surface area contributed by atoms with Crippen molar-refractivity contribution < 1.29 is 14.3 Å². The molecule has 7 heteroatoms. The van der Waals surface area contributed by atoms with Crippen LogP contribution in [0.25, 0.3) is 11.6 Å². The molecule has 2 aliphatic heterocycles. The molecule has 0 spiro atoms. The lowest BCUT2D eigenvalue weighted by molar-refractivity contribution is -0.119. The number of aryl methyl sites for hydroxylation is 1. The number of carbonyl (C=O) groups is 2. The van der Waals surface area contributed by atoms with Gasteiger partial charge >= 0.3 is 6.09 Å². The first-order chi connectivity index (χ1) is 12.5. The molecule has 2 aromatic rings. The second kappa shape index (κ2) is 6.33. The van der Waals surface area contributed by atoms with Gasteiger partial charge in [-0.25, -0.2) is 9.78 Å². The predicted octanol–water partition coefficient (Wildman–Crippen LogP) is 2.21. The molecule has 1 N–H and O–H groups in total. The monoisotopic (exact) mass is 352 g/mol. The Morgan fingerprint density at radius 1 is 1.35 bits per heavy atom. The first-order valence-electron chi connectivity index (χ1n) is 8.56. The van der Waals surface area contributed by atoms with Gasteiger partial charge in [0.1, 0.15) is 6.10 Å². The van der Waals surface area contributed by atoms with Crippen LogP contribution in [0.15, 0.2) is 30.6 Å². The Labute approximate surface area is 151 Å². The van der Waals surface area contributed by atoms with Crippen LogP contribution in [-0.4, -0.2) is 40.7 Å². The smallest absolute Gasteiger partial charge is 0.414 e. The van der Waals surface area contributed by atoms with E-state index in [1.807, 2.05) is 37.5 Å². The first-order valence-corrected chi connectivity index (χ1v) is 8.56. The number of nitrogens with one attached hydrogen (secondary N) is 1. The molecule has 2 aliphatic rings. The Morgan fingerprint density at radius 2 is 2.12 bits per heavy atom. The van der Waals surface area contributed by atoms with Crippen LogP contribution in [0, 0.1) is 6.92 Å². The van der Waals surface area contributed by atoms with Gasteiger partial charge in [-0.3, -0.25) is 9.69 Å². The second-order valence-electron chi connectivity index (χ2n) is 6.61. The number of nitrogens with zero attached hydrogens (tertiary/aromatic N) is 3. The van der Waals surface area contributed by atoms with Crippen molar-refractivity contribution in [3.8, 4) is 0 Å². The van der Waals surface area contributed by atoms with Gasteiger partial charge in [0.2, 0.25) is 5.91 Å².